The minimum absolute atomic E-state index is 0.00668. The molecular formula is C27H28F2N4O4S. The number of rotatable bonds is 6. The van der Waals surface area contributed by atoms with Gasteiger partial charge in [0.1, 0.15) is 10.7 Å². The van der Waals surface area contributed by atoms with Crippen molar-refractivity contribution in [3.05, 3.63) is 66.0 Å². The molecule has 0 radical (unpaired) electrons. The van der Waals surface area contributed by atoms with Gasteiger partial charge >= 0.3 is 0 Å². The lowest BCUT2D eigenvalue weighted by atomic mass is 10.0. The molecule has 5 rings (SSSR count). The van der Waals surface area contributed by atoms with Crippen LogP contribution in [-0.4, -0.2) is 67.2 Å². The first-order valence-corrected chi connectivity index (χ1v) is 14.3. The summed E-state index contributed by atoms with van der Waals surface area (Å²) in [5.41, 5.74) is 3.20. The zero-order valence-electron chi connectivity index (χ0n) is 21.1. The first kappa shape index (κ1) is 26.0. The van der Waals surface area contributed by atoms with Crippen LogP contribution in [0.1, 0.15) is 24.8 Å². The largest absolute Gasteiger partial charge is 0.477 e. The molecule has 11 heteroatoms. The molecule has 3 heterocycles. The molecule has 200 valence electrons. The van der Waals surface area contributed by atoms with E-state index in [0.717, 1.165) is 22.9 Å². The van der Waals surface area contributed by atoms with Gasteiger partial charge in [-0.1, -0.05) is 24.3 Å². The fourth-order valence-corrected chi connectivity index (χ4v) is 5.81. The SMILES string of the molecule is Cc1ccccc1-c1cnc(N2CCC(N3CC[C@H](Oc4cc(F)c(S(C)(=O)=O)cc4F)C3=O)CC2)nc1. The van der Waals surface area contributed by atoms with Gasteiger partial charge in [0.25, 0.3) is 5.91 Å². The van der Waals surface area contributed by atoms with Gasteiger partial charge in [0.05, 0.1) is 0 Å². The summed E-state index contributed by atoms with van der Waals surface area (Å²) in [4.78, 5) is 25.2. The summed E-state index contributed by atoms with van der Waals surface area (Å²) in [5, 5.41) is 0. The third-order valence-corrected chi connectivity index (χ3v) is 8.24. The number of piperidine rings is 1. The van der Waals surface area contributed by atoms with Gasteiger partial charge in [-0.2, -0.15) is 0 Å². The maximum atomic E-state index is 14.4. The van der Waals surface area contributed by atoms with Crippen LogP contribution in [0.15, 0.2) is 53.7 Å². The topological polar surface area (TPSA) is 92.7 Å². The Bertz CT molecular complexity index is 1460. The number of carbonyl (C=O) groups excluding carboxylic acids is 1. The highest BCUT2D eigenvalue weighted by Gasteiger charge is 2.39. The number of nitrogens with zero attached hydrogens (tertiary/aromatic N) is 4. The third kappa shape index (κ3) is 5.20. The molecule has 0 spiro atoms. The molecule has 0 unspecified atom stereocenters. The highest BCUT2D eigenvalue weighted by atomic mass is 32.2. The third-order valence-electron chi connectivity index (χ3n) is 7.13. The van der Waals surface area contributed by atoms with E-state index in [1.165, 1.54) is 0 Å². The lowest BCUT2D eigenvalue weighted by molar-refractivity contribution is -0.135. The van der Waals surface area contributed by atoms with E-state index in [2.05, 4.69) is 14.9 Å². The summed E-state index contributed by atoms with van der Waals surface area (Å²) in [6.07, 6.45) is 5.25. The molecule has 0 aliphatic carbocycles. The van der Waals surface area contributed by atoms with Gasteiger partial charge < -0.3 is 14.5 Å². The molecule has 0 saturated carbocycles. The number of anilines is 1. The molecule has 1 amide bonds. The van der Waals surface area contributed by atoms with Crippen molar-refractivity contribution in [3.63, 3.8) is 0 Å². The number of aryl methyl sites for hydroxylation is 1. The van der Waals surface area contributed by atoms with Crippen LogP contribution >= 0.6 is 0 Å². The number of carbonyl (C=O) groups is 1. The van der Waals surface area contributed by atoms with Gasteiger partial charge in [0.15, 0.2) is 27.5 Å². The highest BCUT2D eigenvalue weighted by Crippen LogP contribution is 2.30. The maximum absolute atomic E-state index is 14.4. The van der Waals surface area contributed by atoms with E-state index in [-0.39, 0.29) is 11.9 Å². The number of hydrogen-bond donors (Lipinski definition) is 0. The standard InChI is InChI=1S/C27H28F2N4O4S/c1-17-5-3-4-6-20(17)18-15-30-27(31-16-18)32-10-7-19(8-11-32)33-12-9-23(26(33)34)37-24-13-22(29)25(14-21(24)28)38(2,35)36/h3-6,13-16,19,23H,7-12H2,1-2H3/t23-/m0/s1. The van der Waals surface area contributed by atoms with Crippen molar-refractivity contribution in [2.75, 3.05) is 30.8 Å². The molecule has 2 aliphatic rings. The minimum atomic E-state index is -3.93. The number of aromatic nitrogens is 2. The molecule has 3 aromatic rings. The number of likely N-dealkylation sites (tertiary alicyclic amines) is 1. The van der Waals surface area contributed by atoms with Crippen molar-refractivity contribution in [2.24, 2.45) is 0 Å². The Labute approximate surface area is 220 Å². The number of ether oxygens (including phenoxy) is 1. The molecule has 1 atom stereocenters. The quantitative estimate of drug-likeness (QED) is 0.468. The van der Waals surface area contributed by atoms with Gasteiger partial charge in [-0.15, -0.1) is 0 Å². The first-order chi connectivity index (χ1) is 18.1. The van der Waals surface area contributed by atoms with Crippen LogP contribution in [0.3, 0.4) is 0 Å². The summed E-state index contributed by atoms with van der Waals surface area (Å²) < 4.78 is 57.4. The average molecular weight is 543 g/mol. The van der Waals surface area contributed by atoms with Crippen molar-refractivity contribution >= 4 is 21.7 Å². The van der Waals surface area contributed by atoms with Crippen LogP contribution in [0, 0.1) is 18.6 Å². The van der Waals surface area contributed by atoms with Crippen LogP contribution < -0.4 is 9.64 Å². The summed E-state index contributed by atoms with van der Waals surface area (Å²) in [7, 11) is -3.93. The van der Waals surface area contributed by atoms with Crippen molar-refractivity contribution < 1.29 is 26.7 Å². The van der Waals surface area contributed by atoms with Crippen LogP contribution in [0.5, 0.6) is 5.75 Å². The van der Waals surface area contributed by atoms with Gasteiger partial charge in [-0.3, -0.25) is 4.79 Å². The lowest BCUT2D eigenvalue weighted by Crippen LogP contribution is -2.47. The normalized spacial score (nSPS) is 18.7. The number of benzene rings is 2. The van der Waals surface area contributed by atoms with Crippen molar-refractivity contribution in [1.82, 2.24) is 14.9 Å². The smallest absolute Gasteiger partial charge is 0.263 e. The van der Waals surface area contributed by atoms with Gasteiger partial charge in [-0.05, 0) is 37.0 Å². The van der Waals surface area contributed by atoms with E-state index in [1.54, 1.807) is 4.90 Å². The second-order valence-electron chi connectivity index (χ2n) is 9.72. The molecule has 2 saturated heterocycles. The number of amides is 1. The molecule has 2 aromatic carbocycles. The van der Waals surface area contributed by atoms with Gasteiger partial charge in [-0.25, -0.2) is 27.2 Å². The molecule has 2 fully saturated rings. The van der Waals surface area contributed by atoms with E-state index >= 15 is 0 Å². The van der Waals surface area contributed by atoms with Crippen LogP contribution in [-0.2, 0) is 14.6 Å². The monoisotopic (exact) mass is 542 g/mol. The number of halogens is 2. The molecule has 8 nitrogen and oxygen atoms in total. The molecule has 0 bridgehead atoms. The number of sulfone groups is 1. The van der Waals surface area contributed by atoms with Crippen molar-refractivity contribution in [3.8, 4) is 16.9 Å². The molecule has 2 aliphatic heterocycles. The zero-order valence-corrected chi connectivity index (χ0v) is 21.9. The predicted octanol–water partition coefficient (Wildman–Crippen LogP) is 3.78. The fourth-order valence-electron chi connectivity index (χ4n) is 5.08. The Morgan fingerprint density at radius 1 is 0.974 bits per heavy atom. The predicted molar refractivity (Wildman–Crippen MR) is 138 cm³/mol. The Hall–Kier alpha value is -3.60. The fraction of sp³-hybridized carbons (Fsp3) is 0.370. The average Bonchev–Trinajstić information content (AvgIpc) is 3.25. The molecular weight excluding hydrogens is 514 g/mol. The summed E-state index contributed by atoms with van der Waals surface area (Å²) in [6, 6.07) is 9.33. The zero-order chi connectivity index (χ0) is 27.0. The minimum Gasteiger partial charge on any atom is -0.477 e. The summed E-state index contributed by atoms with van der Waals surface area (Å²) in [6.45, 7) is 3.85. The summed E-state index contributed by atoms with van der Waals surface area (Å²) >= 11 is 0. The van der Waals surface area contributed by atoms with Crippen molar-refractivity contribution in [1.29, 1.82) is 0 Å². The van der Waals surface area contributed by atoms with Crippen LogP contribution in [0.2, 0.25) is 0 Å². The number of hydrogen-bond acceptors (Lipinski definition) is 7. The van der Waals surface area contributed by atoms with E-state index in [1.807, 2.05) is 43.6 Å². The summed E-state index contributed by atoms with van der Waals surface area (Å²) in [5.74, 6) is -2.26. The first-order valence-electron chi connectivity index (χ1n) is 12.4. The molecule has 0 N–H and O–H groups in total. The van der Waals surface area contributed by atoms with Crippen molar-refractivity contribution in [2.45, 2.75) is 43.2 Å². The molecule has 1 aromatic heterocycles. The van der Waals surface area contributed by atoms with Gasteiger partial charge in [0.2, 0.25) is 5.95 Å². The Morgan fingerprint density at radius 3 is 2.32 bits per heavy atom. The van der Waals surface area contributed by atoms with E-state index in [4.69, 9.17) is 4.74 Å². The Kier molecular flexibility index (Phi) is 7.04. The second kappa shape index (κ2) is 10.3. The van der Waals surface area contributed by atoms with E-state index in [9.17, 15) is 22.0 Å². The van der Waals surface area contributed by atoms with Crippen LogP contribution in [0.25, 0.3) is 11.1 Å². The Balaban J connectivity index is 1.19. The Morgan fingerprint density at radius 2 is 1.66 bits per heavy atom. The molecule has 38 heavy (non-hydrogen) atoms. The van der Waals surface area contributed by atoms with Gasteiger partial charge in [0, 0.05) is 62.4 Å². The van der Waals surface area contributed by atoms with Crippen LogP contribution in [0.4, 0.5) is 14.7 Å². The second-order valence-corrected chi connectivity index (χ2v) is 11.7. The highest BCUT2D eigenvalue weighted by molar-refractivity contribution is 7.90. The van der Waals surface area contributed by atoms with E-state index < -0.39 is 38.2 Å². The lowest BCUT2D eigenvalue weighted by Gasteiger charge is -2.36. The maximum Gasteiger partial charge on any atom is 0.263 e. The van der Waals surface area contributed by atoms with E-state index in [0.29, 0.717) is 57.0 Å².